The summed E-state index contributed by atoms with van der Waals surface area (Å²) in [6.07, 6.45) is 0.638. The molecule has 0 atom stereocenters. The van der Waals surface area contributed by atoms with Gasteiger partial charge in [-0.1, -0.05) is 46.3 Å². The molecule has 0 N–H and O–H groups in total. The first kappa shape index (κ1) is 15.3. The van der Waals surface area contributed by atoms with Gasteiger partial charge in [-0.2, -0.15) is 5.26 Å². The molecule has 2 aromatic rings. The maximum absolute atomic E-state index is 12.5. The van der Waals surface area contributed by atoms with Gasteiger partial charge in [-0.05, 0) is 29.8 Å². The first-order valence-electron chi connectivity index (χ1n) is 6.67. The Morgan fingerprint density at radius 3 is 2.57 bits per heavy atom. The van der Waals surface area contributed by atoms with E-state index in [9.17, 15) is 4.79 Å². The summed E-state index contributed by atoms with van der Waals surface area (Å²) in [5.74, 6) is -0.00505. The van der Waals surface area contributed by atoms with Crippen molar-refractivity contribution in [2.45, 2.75) is 12.8 Å². The van der Waals surface area contributed by atoms with Crippen LogP contribution >= 0.6 is 15.9 Å². The summed E-state index contributed by atoms with van der Waals surface area (Å²) in [6, 6.07) is 19.3. The molecule has 0 aromatic heterocycles. The Hall–Kier alpha value is -2.12. The minimum Gasteiger partial charge on any atom is -0.311 e. The molecule has 0 saturated carbocycles. The summed E-state index contributed by atoms with van der Waals surface area (Å²) >= 11 is 3.41. The molecular weight excluding hydrogens is 328 g/mol. The van der Waals surface area contributed by atoms with Gasteiger partial charge in [0.2, 0.25) is 5.91 Å². The van der Waals surface area contributed by atoms with Crippen molar-refractivity contribution in [1.82, 2.24) is 0 Å². The Balaban J connectivity index is 2.17. The van der Waals surface area contributed by atoms with Crippen LogP contribution in [0.25, 0.3) is 0 Å². The number of para-hydroxylation sites is 1. The predicted molar refractivity (Wildman–Crippen MR) is 86.9 cm³/mol. The molecule has 0 unspecified atom stereocenters. The van der Waals surface area contributed by atoms with Crippen molar-refractivity contribution in [1.29, 1.82) is 5.26 Å². The van der Waals surface area contributed by atoms with Gasteiger partial charge in [0.05, 0.1) is 18.9 Å². The second-order valence-electron chi connectivity index (χ2n) is 4.60. The van der Waals surface area contributed by atoms with Crippen LogP contribution in [0.3, 0.4) is 0 Å². The lowest BCUT2D eigenvalue weighted by Gasteiger charge is -2.22. The van der Waals surface area contributed by atoms with Crippen LogP contribution < -0.4 is 4.90 Å². The van der Waals surface area contributed by atoms with E-state index in [1.54, 1.807) is 4.90 Å². The molecule has 106 valence electrons. The van der Waals surface area contributed by atoms with Crippen LogP contribution in [0.1, 0.15) is 12.0 Å². The number of hydrogen-bond donors (Lipinski definition) is 0. The first-order valence-corrected chi connectivity index (χ1v) is 7.47. The number of anilines is 1. The highest BCUT2D eigenvalue weighted by Crippen LogP contribution is 2.17. The zero-order valence-corrected chi connectivity index (χ0v) is 13.1. The topological polar surface area (TPSA) is 44.1 Å². The van der Waals surface area contributed by atoms with Gasteiger partial charge < -0.3 is 4.90 Å². The third kappa shape index (κ3) is 4.44. The minimum absolute atomic E-state index is 0.00505. The van der Waals surface area contributed by atoms with E-state index in [1.165, 1.54) is 0 Å². The van der Waals surface area contributed by atoms with E-state index in [0.29, 0.717) is 19.4 Å². The third-order valence-electron chi connectivity index (χ3n) is 3.06. The summed E-state index contributed by atoms with van der Waals surface area (Å²) in [4.78, 5) is 14.2. The van der Waals surface area contributed by atoms with E-state index in [4.69, 9.17) is 5.26 Å². The fourth-order valence-electron chi connectivity index (χ4n) is 2.08. The lowest BCUT2D eigenvalue weighted by Crippen LogP contribution is -2.33. The highest BCUT2D eigenvalue weighted by atomic mass is 79.9. The normalized spacial score (nSPS) is 9.90. The molecule has 0 aliphatic rings. The molecule has 0 heterocycles. The molecule has 0 saturated heterocycles. The molecule has 0 bridgehead atoms. The molecule has 2 aromatic carbocycles. The summed E-state index contributed by atoms with van der Waals surface area (Å²) in [5.41, 5.74) is 1.78. The molecule has 3 nitrogen and oxygen atoms in total. The minimum atomic E-state index is -0.00505. The van der Waals surface area contributed by atoms with Crippen LogP contribution in [0, 0.1) is 11.3 Å². The molecule has 21 heavy (non-hydrogen) atoms. The van der Waals surface area contributed by atoms with Crippen molar-refractivity contribution >= 4 is 27.5 Å². The third-order valence-corrected chi connectivity index (χ3v) is 3.55. The zero-order chi connectivity index (χ0) is 15.1. The number of hydrogen-bond acceptors (Lipinski definition) is 2. The van der Waals surface area contributed by atoms with E-state index in [1.807, 2.05) is 54.6 Å². The van der Waals surface area contributed by atoms with Gasteiger partial charge in [0.25, 0.3) is 0 Å². The van der Waals surface area contributed by atoms with Gasteiger partial charge in [-0.15, -0.1) is 0 Å². The van der Waals surface area contributed by atoms with E-state index >= 15 is 0 Å². The lowest BCUT2D eigenvalue weighted by molar-refractivity contribution is -0.118. The van der Waals surface area contributed by atoms with Crippen LogP contribution in [0.5, 0.6) is 0 Å². The maximum atomic E-state index is 12.5. The molecule has 4 heteroatoms. The van der Waals surface area contributed by atoms with Crippen LogP contribution in [0.4, 0.5) is 5.69 Å². The molecule has 0 radical (unpaired) electrons. The van der Waals surface area contributed by atoms with Crippen molar-refractivity contribution in [3.63, 3.8) is 0 Å². The molecule has 0 aliphatic heterocycles. The van der Waals surface area contributed by atoms with E-state index in [2.05, 4.69) is 22.0 Å². The van der Waals surface area contributed by atoms with Crippen LogP contribution in [0.2, 0.25) is 0 Å². The quantitative estimate of drug-likeness (QED) is 0.825. The Morgan fingerprint density at radius 1 is 1.14 bits per heavy atom. The number of carbonyl (C=O) groups is 1. The number of halogens is 1. The lowest BCUT2D eigenvalue weighted by atomic mass is 10.1. The molecule has 2 rings (SSSR count). The van der Waals surface area contributed by atoms with Crippen molar-refractivity contribution in [2.24, 2.45) is 0 Å². The molecule has 0 fully saturated rings. The van der Waals surface area contributed by atoms with Crippen LogP contribution in [0.15, 0.2) is 59.1 Å². The monoisotopic (exact) mass is 342 g/mol. The fraction of sp³-hybridized carbons (Fsp3) is 0.176. The van der Waals surface area contributed by atoms with Gasteiger partial charge in [-0.25, -0.2) is 0 Å². The number of benzene rings is 2. The fourth-order valence-corrected chi connectivity index (χ4v) is 2.53. The van der Waals surface area contributed by atoms with Gasteiger partial charge in [0.15, 0.2) is 0 Å². The number of rotatable bonds is 5. The van der Waals surface area contributed by atoms with E-state index in [-0.39, 0.29) is 5.91 Å². The Labute approximate surface area is 132 Å². The summed E-state index contributed by atoms with van der Waals surface area (Å²) < 4.78 is 0.955. The van der Waals surface area contributed by atoms with E-state index < -0.39 is 0 Å². The summed E-state index contributed by atoms with van der Waals surface area (Å²) in [6.45, 7) is 0.410. The largest absolute Gasteiger partial charge is 0.311 e. The van der Waals surface area contributed by atoms with Crippen molar-refractivity contribution < 1.29 is 4.79 Å². The van der Waals surface area contributed by atoms with Gasteiger partial charge in [-0.3, -0.25) is 4.79 Å². The molecule has 0 spiro atoms. The highest BCUT2D eigenvalue weighted by molar-refractivity contribution is 9.10. The average Bonchev–Trinajstić information content (AvgIpc) is 2.49. The summed E-state index contributed by atoms with van der Waals surface area (Å²) in [7, 11) is 0. The van der Waals surface area contributed by atoms with Crippen molar-refractivity contribution in [3.8, 4) is 6.07 Å². The zero-order valence-electron chi connectivity index (χ0n) is 11.5. The average molecular weight is 343 g/mol. The second-order valence-corrected chi connectivity index (χ2v) is 5.51. The Morgan fingerprint density at radius 2 is 1.90 bits per heavy atom. The number of carbonyl (C=O) groups excluding carboxylic acids is 1. The molecule has 0 aliphatic carbocycles. The standard InChI is InChI=1S/C17H15BrN2O/c18-15-7-4-6-14(12-15)13-17(21)20(11-5-10-19)16-8-2-1-3-9-16/h1-4,6-9,12H,5,11,13H2. The van der Waals surface area contributed by atoms with Crippen LogP contribution in [-0.2, 0) is 11.2 Å². The highest BCUT2D eigenvalue weighted by Gasteiger charge is 2.15. The smallest absolute Gasteiger partial charge is 0.231 e. The number of nitriles is 1. The van der Waals surface area contributed by atoms with Crippen molar-refractivity contribution in [2.75, 3.05) is 11.4 Å². The van der Waals surface area contributed by atoms with Gasteiger partial charge >= 0.3 is 0 Å². The second kappa shape index (κ2) is 7.61. The molecular formula is C17H15BrN2O. The summed E-state index contributed by atoms with van der Waals surface area (Å²) in [5, 5.41) is 8.78. The predicted octanol–water partition coefficient (Wildman–Crippen LogP) is 3.94. The van der Waals surface area contributed by atoms with E-state index in [0.717, 1.165) is 15.7 Å². The van der Waals surface area contributed by atoms with Gasteiger partial charge in [0.1, 0.15) is 0 Å². The van der Waals surface area contributed by atoms with Gasteiger partial charge in [0, 0.05) is 16.7 Å². The van der Waals surface area contributed by atoms with Crippen molar-refractivity contribution in [3.05, 3.63) is 64.6 Å². The number of amides is 1. The Bertz CT molecular complexity index is 649. The number of nitrogens with zero attached hydrogens (tertiary/aromatic N) is 2. The molecule has 1 amide bonds. The Kier molecular flexibility index (Phi) is 5.53. The SMILES string of the molecule is N#CCCN(C(=O)Cc1cccc(Br)c1)c1ccccc1. The first-order chi connectivity index (χ1) is 10.2. The maximum Gasteiger partial charge on any atom is 0.231 e. The van der Waals surface area contributed by atoms with Crippen LogP contribution in [-0.4, -0.2) is 12.5 Å².